The third-order valence-electron chi connectivity index (χ3n) is 3.65. The quantitative estimate of drug-likeness (QED) is 0.454. The number of halogens is 2. The van der Waals surface area contributed by atoms with Crippen LogP contribution < -0.4 is 5.43 Å². The van der Waals surface area contributed by atoms with Crippen LogP contribution in [0.25, 0.3) is 31.6 Å². The van der Waals surface area contributed by atoms with Crippen LogP contribution in [0.4, 0.5) is 8.78 Å². The molecule has 0 aliphatic carbocycles. The highest BCUT2D eigenvalue weighted by Crippen LogP contribution is 2.32. The zero-order valence-corrected chi connectivity index (χ0v) is 11.5. The molecule has 4 heteroatoms. The second kappa shape index (κ2) is 4.33. The highest BCUT2D eigenvalue weighted by molar-refractivity contribution is 7.18. The summed E-state index contributed by atoms with van der Waals surface area (Å²) >= 11 is 1.42. The minimum atomic E-state index is -0.393. The fraction of sp³-hybridized carbons (Fsp3) is 0. The van der Waals surface area contributed by atoms with Crippen molar-refractivity contribution >= 4 is 43.0 Å². The first-order valence-electron chi connectivity index (χ1n) is 6.37. The summed E-state index contributed by atoms with van der Waals surface area (Å²) in [5.41, 5.74) is -0.205. The van der Waals surface area contributed by atoms with Gasteiger partial charge in [0.15, 0.2) is 5.43 Å². The van der Waals surface area contributed by atoms with E-state index < -0.39 is 11.6 Å². The van der Waals surface area contributed by atoms with E-state index in [9.17, 15) is 13.6 Å². The van der Waals surface area contributed by atoms with Gasteiger partial charge in [0, 0.05) is 26.2 Å². The molecule has 0 bridgehead atoms. The van der Waals surface area contributed by atoms with Gasteiger partial charge in [0.2, 0.25) is 0 Å². The van der Waals surface area contributed by atoms with Crippen LogP contribution >= 0.6 is 11.3 Å². The molecule has 1 nitrogen and oxygen atoms in total. The van der Waals surface area contributed by atoms with Gasteiger partial charge in [-0.05, 0) is 53.2 Å². The molecule has 0 N–H and O–H groups in total. The van der Waals surface area contributed by atoms with E-state index in [0.717, 1.165) is 10.1 Å². The van der Waals surface area contributed by atoms with Crippen molar-refractivity contribution in [3.8, 4) is 0 Å². The fourth-order valence-corrected chi connectivity index (χ4v) is 3.66. The zero-order chi connectivity index (χ0) is 14.6. The smallest absolute Gasteiger partial charge is 0.194 e. The van der Waals surface area contributed by atoms with Crippen molar-refractivity contribution < 1.29 is 8.78 Å². The number of rotatable bonds is 0. The second-order valence-corrected chi connectivity index (χ2v) is 5.79. The summed E-state index contributed by atoms with van der Waals surface area (Å²) < 4.78 is 28.0. The first kappa shape index (κ1) is 12.4. The molecule has 102 valence electrons. The number of hydrogen-bond acceptors (Lipinski definition) is 2. The maximum Gasteiger partial charge on any atom is 0.194 e. The Labute approximate surface area is 122 Å². The van der Waals surface area contributed by atoms with E-state index in [0.29, 0.717) is 21.5 Å². The monoisotopic (exact) mass is 298 g/mol. The summed E-state index contributed by atoms with van der Waals surface area (Å²) in [4.78, 5) is 12.7. The molecule has 3 aromatic carbocycles. The standard InChI is InChI=1S/C17H8F2OS/c18-9-1-3-11-14(7-9)13-5-6-21-17(13)15-8-10(19)2-4-12(15)16(11)20/h1-8H. The maximum absolute atomic E-state index is 13.6. The highest BCUT2D eigenvalue weighted by atomic mass is 32.1. The molecule has 0 unspecified atom stereocenters. The first-order valence-corrected chi connectivity index (χ1v) is 7.25. The predicted octanol–water partition coefficient (Wildman–Crippen LogP) is 4.85. The molecule has 0 atom stereocenters. The van der Waals surface area contributed by atoms with Crippen molar-refractivity contribution in [2.75, 3.05) is 0 Å². The van der Waals surface area contributed by atoms with Crippen LogP contribution in [0.2, 0.25) is 0 Å². The van der Waals surface area contributed by atoms with Crippen molar-refractivity contribution in [3.63, 3.8) is 0 Å². The third kappa shape index (κ3) is 1.76. The minimum Gasteiger partial charge on any atom is -0.289 e. The first-order chi connectivity index (χ1) is 10.1. The number of thiophene rings is 1. The molecule has 4 aromatic rings. The Morgan fingerprint density at radius 2 is 1.33 bits per heavy atom. The zero-order valence-electron chi connectivity index (χ0n) is 10.7. The molecule has 0 radical (unpaired) electrons. The minimum absolute atomic E-state index is 0.205. The maximum atomic E-state index is 13.6. The Morgan fingerprint density at radius 1 is 0.714 bits per heavy atom. The Balaban J connectivity index is 2.48. The fourth-order valence-electron chi connectivity index (χ4n) is 2.71. The molecular weight excluding hydrogens is 290 g/mol. The SMILES string of the molecule is O=c1c2ccc(F)cc2c2ccsc2c2cc(F)ccc12. The van der Waals surface area contributed by atoms with Crippen molar-refractivity contribution in [1.82, 2.24) is 0 Å². The molecule has 21 heavy (non-hydrogen) atoms. The summed E-state index contributed by atoms with van der Waals surface area (Å²) in [6.45, 7) is 0. The molecule has 0 fully saturated rings. The molecule has 0 saturated heterocycles. The van der Waals surface area contributed by atoms with Crippen molar-refractivity contribution in [3.05, 3.63) is 69.7 Å². The number of benzene rings is 2. The van der Waals surface area contributed by atoms with Crippen LogP contribution in [0.3, 0.4) is 0 Å². The van der Waals surface area contributed by atoms with E-state index in [1.165, 1.54) is 47.7 Å². The van der Waals surface area contributed by atoms with Crippen molar-refractivity contribution in [2.24, 2.45) is 0 Å². The van der Waals surface area contributed by atoms with Gasteiger partial charge in [-0.2, -0.15) is 0 Å². The Bertz CT molecular complexity index is 1000. The highest BCUT2D eigenvalue weighted by Gasteiger charge is 2.11. The predicted molar refractivity (Wildman–Crippen MR) is 83.0 cm³/mol. The van der Waals surface area contributed by atoms with E-state index in [1.54, 1.807) is 0 Å². The van der Waals surface area contributed by atoms with Crippen LogP contribution in [-0.2, 0) is 0 Å². The van der Waals surface area contributed by atoms with Gasteiger partial charge in [0.25, 0.3) is 0 Å². The average Bonchev–Trinajstić information content (AvgIpc) is 2.92. The van der Waals surface area contributed by atoms with Crippen LogP contribution in [0.5, 0.6) is 0 Å². The summed E-state index contributed by atoms with van der Waals surface area (Å²) in [7, 11) is 0. The molecule has 0 spiro atoms. The molecule has 1 aromatic heterocycles. The van der Waals surface area contributed by atoms with Gasteiger partial charge in [-0.25, -0.2) is 8.78 Å². The summed E-state index contributed by atoms with van der Waals surface area (Å²) in [6, 6.07) is 10.1. The largest absolute Gasteiger partial charge is 0.289 e. The van der Waals surface area contributed by atoms with E-state index >= 15 is 0 Å². The van der Waals surface area contributed by atoms with Crippen molar-refractivity contribution in [1.29, 1.82) is 0 Å². The van der Waals surface area contributed by atoms with E-state index in [-0.39, 0.29) is 5.43 Å². The molecule has 0 amide bonds. The lowest BCUT2D eigenvalue weighted by Crippen LogP contribution is -1.98. The molecule has 0 aliphatic heterocycles. The van der Waals surface area contributed by atoms with E-state index in [4.69, 9.17) is 0 Å². The lowest BCUT2D eigenvalue weighted by molar-refractivity contribution is 0.629. The van der Waals surface area contributed by atoms with Crippen LogP contribution in [0.1, 0.15) is 0 Å². The average molecular weight is 298 g/mol. The molecular formula is C17H8F2OS. The molecule has 1 heterocycles. The third-order valence-corrected chi connectivity index (χ3v) is 4.60. The van der Waals surface area contributed by atoms with Gasteiger partial charge in [0.1, 0.15) is 11.6 Å². The number of hydrogen-bond donors (Lipinski definition) is 0. The lowest BCUT2D eigenvalue weighted by Gasteiger charge is -1.93. The number of fused-ring (bicyclic) bond motifs is 5. The van der Waals surface area contributed by atoms with Gasteiger partial charge in [-0.1, -0.05) is 0 Å². The summed E-state index contributed by atoms with van der Waals surface area (Å²) in [5, 5.41) is 4.66. The summed E-state index contributed by atoms with van der Waals surface area (Å²) in [6.07, 6.45) is 0. The van der Waals surface area contributed by atoms with Gasteiger partial charge in [0.05, 0.1) is 0 Å². The van der Waals surface area contributed by atoms with Crippen LogP contribution in [-0.4, -0.2) is 0 Å². The Hall–Kier alpha value is -2.33. The second-order valence-electron chi connectivity index (χ2n) is 4.87. The van der Waals surface area contributed by atoms with Crippen molar-refractivity contribution in [2.45, 2.75) is 0 Å². The normalized spacial score (nSPS) is 11.5. The molecule has 0 aliphatic rings. The van der Waals surface area contributed by atoms with Gasteiger partial charge in [-0.3, -0.25) is 4.79 Å². The topological polar surface area (TPSA) is 17.1 Å². The summed E-state index contributed by atoms with van der Waals surface area (Å²) in [5.74, 6) is -0.783. The Kier molecular flexibility index (Phi) is 2.56. The van der Waals surface area contributed by atoms with Gasteiger partial charge in [-0.15, -0.1) is 11.3 Å². The van der Waals surface area contributed by atoms with Gasteiger partial charge >= 0.3 is 0 Å². The van der Waals surface area contributed by atoms with E-state index in [1.807, 2.05) is 11.4 Å². The van der Waals surface area contributed by atoms with Crippen LogP contribution in [0, 0.1) is 11.6 Å². The lowest BCUT2D eigenvalue weighted by atomic mass is 10.1. The molecule has 0 saturated carbocycles. The van der Waals surface area contributed by atoms with E-state index in [2.05, 4.69) is 0 Å². The Morgan fingerprint density at radius 3 is 2.05 bits per heavy atom. The molecule has 4 rings (SSSR count). The van der Waals surface area contributed by atoms with Crippen LogP contribution in [0.15, 0.2) is 52.6 Å². The van der Waals surface area contributed by atoms with Gasteiger partial charge < -0.3 is 0 Å².